The minimum Gasteiger partial charge on any atom is -0.490 e. The first-order valence-electron chi connectivity index (χ1n) is 6.78. The normalized spacial score (nSPS) is 16.7. The smallest absolute Gasteiger partial charge is 0.127 e. The SMILES string of the molecule is CCCNCc1cnccc1OC1CCOCC1. The van der Waals surface area contributed by atoms with Crippen LogP contribution < -0.4 is 10.1 Å². The highest BCUT2D eigenvalue weighted by atomic mass is 16.5. The first-order valence-corrected chi connectivity index (χ1v) is 6.78. The fourth-order valence-electron chi connectivity index (χ4n) is 2.04. The van der Waals surface area contributed by atoms with E-state index in [0.29, 0.717) is 0 Å². The van der Waals surface area contributed by atoms with Gasteiger partial charge in [0.25, 0.3) is 0 Å². The average Bonchev–Trinajstić information content (AvgIpc) is 2.42. The number of aromatic nitrogens is 1. The van der Waals surface area contributed by atoms with Crippen molar-refractivity contribution in [3.05, 3.63) is 24.0 Å². The standard InChI is InChI=1S/C14H22N2O2/c1-2-6-15-10-12-11-16-7-3-14(12)18-13-4-8-17-9-5-13/h3,7,11,13,15H,2,4-6,8-10H2,1H3. The lowest BCUT2D eigenvalue weighted by Crippen LogP contribution is -2.26. The molecule has 0 amide bonds. The topological polar surface area (TPSA) is 43.4 Å². The number of hydrogen-bond acceptors (Lipinski definition) is 4. The van der Waals surface area contributed by atoms with Crippen molar-refractivity contribution in [3.63, 3.8) is 0 Å². The molecule has 1 aliphatic heterocycles. The van der Waals surface area contributed by atoms with Gasteiger partial charge in [-0.25, -0.2) is 0 Å². The molecular formula is C14H22N2O2. The molecule has 0 aliphatic carbocycles. The summed E-state index contributed by atoms with van der Waals surface area (Å²) in [6, 6.07) is 1.96. The van der Waals surface area contributed by atoms with Gasteiger partial charge in [0.15, 0.2) is 0 Å². The van der Waals surface area contributed by atoms with Crippen LogP contribution in [0.1, 0.15) is 31.7 Å². The Morgan fingerprint density at radius 2 is 2.28 bits per heavy atom. The summed E-state index contributed by atoms with van der Waals surface area (Å²) in [5.74, 6) is 0.959. The summed E-state index contributed by atoms with van der Waals surface area (Å²) in [4.78, 5) is 4.17. The molecule has 1 fully saturated rings. The quantitative estimate of drug-likeness (QED) is 0.786. The van der Waals surface area contributed by atoms with Gasteiger partial charge >= 0.3 is 0 Å². The zero-order valence-corrected chi connectivity index (χ0v) is 11.0. The molecule has 18 heavy (non-hydrogen) atoms. The molecule has 0 unspecified atom stereocenters. The summed E-state index contributed by atoms with van der Waals surface area (Å²) in [6.07, 6.45) is 7.05. The van der Waals surface area contributed by atoms with Gasteiger partial charge < -0.3 is 14.8 Å². The van der Waals surface area contributed by atoms with Crippen molar-refractivity contribution in [2.75, 3.05) is 19.8 Å². The summed E-state index contributed by atoms with van der Waals surface area (Å²) in [6.45, 7) is 5.61. The lowest BCUT2D eigenvalue weighted by atomic mass is 10.1. The molecule has 4 heteroatoms. The molecule has 1 saturated heterocycles. The molecule has 1 N–H and O–H groups in total. The van der Waals surface area contributed by atoms with Crippen LogP contribution in [0.25, 0.3) is 0 Å². The zero-order valence-electron chi connectivity index (χ0n) is 11.0. The molecule has 2 heterocycles. The van der Waals surface area contributed by atoms with Gasteiger partial charge in [0.2, 0.25) is 0 Å². The molecular weight excluding hydrogens is 228 g/mol. The fraction of sp³-hybridized carbons (Fsp3) is 0.643. The number of nitrogens with zero attached hydrogens (tertiary/aromatic N) is 1. The Labute approximate surface area is 109 Å². The molecule has 100 valence electrons. The van der Waals surface area contributed by atoms with E-state index < -0.39 is 0 Å². The number of nitrogens with one attached hydrogen (secondary N) is 1. The third-order valence-corrected chi connectivity index (χ3v) is 3.06. The Morgan fingerprint density at radius 3 is 3.06 bits per heavy atom. The van der Waals surface area contributed by atoms with Gasteiger partial charge in [-0.3, -0.25) is 4.98 Å². The van der Waals surface area contributed by atoms with E-state index in [1.165, 1.54) is 0 Å². The predicted molar refractivity (Wildman–Crippen MR) is 70.7 cm³/mol. The Kier molecular flexibility index (Phi) is 5.42. The molecule has 0 aromatic carbocycles. The molecule has 0 spiro atoms. The van der Waals surface area contributed by atoms with Crippen molar-refractivity contribution in [1.29, 1.82) is 0 Å². The van der Waals surface area contributed by atoms with Crippen molar-refractivity contribution in [1.82, 2.24) is 10.3 Å². The van der Waals surface area contributed by atoms with E-state index in [4.69, 9.17) is 9.47 Å². The summed E-state index contributed by atoms with van der Waals surface area (Å²) < 4.78 is 11.4. The number of rotatable bonds is 6. The maximum absolute atomic E-state index is 6.06. The third kappa shape index (κ3) is 3.96. The van der Waals surface area contributed by atoms with Gasteiger partial charge in [-0.05, 0) is 19.0 Å². The zero-order chi connectivity index (χ0) is 12.6. The van der Waals surface area contributed by atoms with Gasteiger partial charge in [0.05, 0.1) is 13.2 Å². The van der Waals surface area contributed by atoms with Crippen LogP contribution in [-0.4, -0.2) is 30.8 Å². The van der Waals surface area contributed by atoms with Crippen LogP contribution in [0, 0.1) is 0 Å². The molecule has 1 aliphatic rings. The first kappa shape index (κ1) is 13.3. The molecule has 0 radical (unpaired) electrons. The minimum atomic E-state index is 0.283. The molecule has 4 nitrogen and oxygen atoms in total. The molecule has 0 atom stereocenters. The van der Waals surface area contributed by atoms with E-state index in [0.717, 1.165) is 56.9 Å². The molecule has 0 bridgehead atoms. The first-order chi connectivity index (χ1) is 8.90. The van der Waals surface area contributed by atoms with Gasteiger partial charge in [0, 0.05) is 37.3 Å². The van der Waals surface area contributed by atoms with Crippen molar-refractivity contribution in [2.24, 2.45) is 0 Å². The van der Waals surface area contributed by atoms with Gasteiger partial charge in [-0.1, -0.05) is 6.92 Å². The van der Waals surface area contributed by atoms with Gasteiger partial charge in [-0.2, -0.15) is 0 Å². The van der Waals surface area contributed by atoms with Crippen LogP contribution in [-0.2, 0) is 11.3 Å². The van der Waals surface area contributed by atoms with Crippen LogP contribution >= 0.6 is 0 Å². The Morgan fingerprint density at radius 1 is 1.44 bits per heavy atom. The van der Waals surface area contributed by atoms with Crippen LogP contribution in [0.15, 0.2) is 18.5 Å². The molecule has 1 aromatic heterocycles. The fourth-order valence-corrected chi connectivity index (χ4v) is 2.04. The molecule has 0 saturated carbocycles. The van der Waals surface area contributed by atoms with Crippen molar-refractivity contribution in [2.45, 2.75) is 38.8 Å². The van der Waals surface area contributed by atoms with Gasteiger partial charge in [-0.15, -0.1) is 0 Å². The predicted octanol–water partition coefficient (Wildman–Crippen LogP) is 2.14. The van der Waals surface area contributed by atoms with E-state index >= 15 is 0 Å². The lowest BCUT2D eigenvalue weighted by molar-refractivity contribution is 0.0251. The van der Waals surface area contributed by atoms with E-state index in [9.17, 15) is 0 Å². The van der Waals surface area contributed by atoms with E-state index in [-0.39, 0.29) is 6.10 Å². The Hall–Kier alpha value is -1.13. The largest absolute Gasteiger partial charge is 0.490 e. The van der Waals surface area contributed by atoms with Gasteiger partial charge in [0.1, 0.15) is 11.9 Å². The van der Waals surface area contributed by atoms with Crippen LogP contribution in [0.3, 0.4) is 0 Å². The summed E-state index contributed by atoms with van der Waals surface area (Å²) in [7, 11) is 0. The van der Waals surface area contributed by atoms with Crippen molar-refractivity contribution < 1.29 is 9.47 Å². The maximum atomic E-state index is 6.06. The third-order valence-electron chi connectivity index (χ3n) is 3.06. The Bertz CT molecular complexity index is 351. The number of pyridine rings is 1. The minimum absolute atomic E-state index is 0.283. The second-order valence-corrected chi connectivity index (χ2v) is 4.59. The summed E-state index contributed by atoms with van der Waals surface area (Å²) >= 11 is 0. The monoisotopic (exact) mass is 250 g/mol. The lowest BCUT2D eigenvalue weighted by Gasteiger charge is -2.24. The number of ether oxygens (including phenoxy) is 2. The number of hydrogen-bond donors (Lipinski definition) is 1. The summed E-state index contributed by atoms with van der Waals surface area (Å²) in [5.41, 5.74) is 1.14. The Balaban J connectivity index is 1.93. The van der Waals surface area contributed by atoms with Crippen LogP contribution in [0.4, 0.5) is 0 Å². The average molecular weight is 250 g/mol. The molecule has 2 rings (SSSR count). The highest BCUT2D eigenvalue weighted by Gasteiger charge is 2.16. The van der Waals surface area contributed by atoms with Crippen LogP contribution in [0.2, 0.25) is 0 Å². The molecule has 1 aromatic rings. The van der Waals surface area contributed by atoms with Crippen molar-refractivity contribution >= 4 is 0 Å². The van der Waals surface area contributed by atoms with E-state index in [1.807, 2.05) is 12.3 Å². The highest BCUT2D eigenvalue weighted by molar-refractivity contribution is 5.30. The summed E-state index contributed by atoms with van der Waals surface area (Å²) in [5, 5.41) is 3.38. The van der Waals surface area contributed by atoms with E-state index in [1.54, 1.807) is 6.20 Å². The van der Waals surface area contributed by atoms with Crippen LogP contribution in [0.5, 0.6) is 5.75 Å². The second kappa shape index (κ2) is 7.34. The maximum Gasteiger partial charge on any atom is 0.127 e. The highest BCUT2D eigenvalue weighted by Crippen LogP contribution is 2.21. The second-order valence-electron chi connectivity index (χ2n) is 4.59. The van der Waals surface area contributed by atoms with E-state index in [2.05, 4.69) is 17.2 Å². The van der Waals surface area contributed by atoms with Crippen molar-refractivity contribution in [3.8, 4) is 5.75 Å².